The Bertz CT molecular complexity index is 132. The van der Waals surface area contributed by atoms with E-state index in [9.17, 15) is 4.79 Å². The SMILES string of the molecule is CCC(C)(C)CNC(=O)CN. The average Bonchev–Trinajstić information content (AvgIpc) is 2.00. The van der Waals surface area contributed by atoms with Crippen LogP contribution in [0.5, 0.6) is 0 Å². The third kappa shape index (κ3) is 4.79. The molecule has 0 aromatic heterocycles. The van der Waals surface area contributed by atoms with Crippen LogP contribution in [-0.2, 0) is 4.79 Å². The van der Waals surface area contributed by atoms with Gasteiger partial charge in [0.15, 0.2) is 0 Å². The third-order valence-corrected chi connectivity index (χ3v) is 1.91. The van der Waals surface area contributed by atoms with Crippen LogP contribution in [0.15, 0.2) is 0 Å². The molecular weight excluding hydrogens is 140 g/mol. The number of carbonyl (C=O) groups is 1. The standard InChI is InChI=1S/C8H18N2O/c1-4-8(2,3)6-10-7(11)5-9/h4-6,9H2,1-3H3,(H,10,11). The Balaban J connectivity index is 3.61. The lowest BCUT2D eigenvalue weighted by Gasteiger charge is -2.22. The van der Waals surface area contributed by atoms with E-state index >= 15 is 0 Å². The molecule has 0 unspecified atom stereocenters. The molecule has 0 fully saturated rings. The lowest BCUT2D eigenvalue weighted by Crippen LogP contribution is -2.37. The van der Waals surface area contributed by atoms with Gasteiger partial charge in [-0.3, -0.25) is 4.79 Å². The summed E-state index contributed by atoms with van der Waals surface area (Å²) in [6.07, 6.45) is 1.05. The first-order valence-corrected chi connectivity index (χ1v) is 3.98. The quantitative estimate of drug-likeness (QED) is 0.626. The molecule has 0 saturated carbocycles. The number of nitrogens with one attached hydrogen (secondary N) is 1. The van der Waals surface area contributed by atoms with Crippen LogP contribution in [0.1, 0.15) is 27.2 Å². The molecule has 3 heteroatoms. The van der Waals surface area contributed by atoms with E-state index < -0.39 is 0 Å². The van der Waals surface area contributed by atoms with Crippen LogP contribution >= 0.6 is 0 Å². The first-order chi connectivity index (χ1) is 5.02. The molecule has 0 radical (unpaired) electrons. The molecule has 0 spiro atoms. The lowest BCUT2D eigenvalue weighted by atomic mass is 9.90. The van der Waals surface area contributed by atoms with Crippen molar-refractivity contribution in [3.8, 4) is 0 Å². The summed E-state index contributed by atoms with van der Waals surface area (Å²) in [4.78, 5) is 10.7. The Kier molecular flexibility index (Phi) is 4.11. The Labute approximate surface area is 68.3 Å². The predicted octanol–water partition coefficient (Wildman–Crippen LogP) is 0.497. The van der Waals surface area contributed by atoms with Gasteiger partial charge in [-0.2, -0.15) is 0 Å². The molecule has 0 aromatic rings. The Morgan fingerprint density at radius 3 is 2.45 bits per heavy atom. The zero-order chi connectivity index (χ0) is 8.91. The maximum atomic E-state index is 10.7. The fourth-order valence-electron chi connectivity index (χ4n) is 0.535. The summed E-state index contributed by atoms with van der Waals surface area (Å²) in [7, 11) is 0. The summed E-state index contributed by atoms with van der Waals surface area (Å²) in [5.41, 5.74) is 5.32. The molecule has 0 atom stereocenters. The number of hydrogen-bond acceptors (Lipinski definition) is 2. The molecule has 0 rings (SSSR count). The molecule has 0 aliphatic carbocycles. The Morgan fingerprint density at radius 2 is 2.09 bits per heavy atom. The summed E-state index contributed by atoms with van der Waals surface area (Å²) < 4.78 is 0. The van der Waals surface area contributed by atoms with Crippen molar-refractivity contribution in [2.75, 3.05) is 13.1 Å². The number of nitrogens with two attached hydrogens (primary N) is 1. The van der Waals surface area contributed by atoms with Gasteiger partial charge in [-0.15, -0.1) is 0 Å². The van der Waals surface area contributed by atoms with Crippen molar-refractivity contribution in [2.45, 2.75) is 27.2 Å². The van der Waals surface area contributed by atoms with E-state index in [1.807, 2.05) is 0 Å². The van der Waals surface area contributed by atoms with E-state index in [0.717, 1.165) is 6.42 Å². The molecule has 11 heavy (non-hydrogen) atoms. The molecule has 0 aliphatic rings. The van der Waals surface area contributed by atoms with Crippen LogP contribution in [0, 0.1) is 5.41 Å². The first kappa shape index (κ1) is 10.4. The highest BCUT2D eigenvalue weighted by Gasteiger charge is 2.15. The van der Waals surface area contributed by atoms with Gasteiger partial charge >= 0.3 is 0 Å². The molecule has 66 valence electrons. The van der Waals surface area contributed by atoms with Crippen molar-refractivity contribution in [3.63, 3.8) is 0 Å². The zero-order valence-electron chi connectivity index (χ0n) is 7.61. The van der Waals surface area contributed by atoms with Crippen molar-refractivity contribution < 1.29 is 4.79 Å². The van der Waals surface area contributed by atoms with Crippen molar-refractivity contribution in [2.24, 2.45) is 11.1 Å². The number of rotatable bonds is 4. The average molecular weight is 158 g/mol. The molecule has 3 N–H and O–H groups in total. The van der Waals surface area contributed by atoms with Gasteiger partial charge in [0.1, 0.15) is 0 Å². The maximum Gasteiger partial charge on any atom is 0.233 e. The van der Waals surface area contributed by atoms with E-state index in [4.69, 9.17) is 5.73 Å². The van der Waals surface area contributed by atoms with Gasteiger partial charge in [-0.1, -0.05) is 20.8 Å². The van der Waals surface area contributed by atoms with Crippen LogP contribution < -0.4 is 11.1 Å². The van der Waals surface area contributed by atoms with Crippen LogP contribution in [0.4, 0.5) is 0 Å². The number of hydrogen-bond donors (Lipinski definition) is 2. The highest BCUT2D eigenvalue weighted by atomic mass is 16.1. The van der Waals surface area contributed by atoms with Crippen LogP contribution in [0.25, 0.3) is 0 Å². The molecule has 3 nitrogen and oxygen atoms in total. The van der Waals surface area contributed by atoms with Crippen molar-refractivity contribution >= 4 is 5.91 Å². The zero-order valence-corrected chi connectivity index (χ0v) is 7.61. The molecule has 0 saturated heterocycles. The van der Waals surface area contributed by atoms with Crippen molar-refractivity contribution in [3.05, 3.63) is 0 Å². The van der Waals surface area contributed by atoms with Gasteiger partial charge in [0, 0.05) is 6.54 Å². The Hall–Kier alpha value is -0.570. The summed E-state index contributed by atoms with van der Waals surface area (Å²) in [5.74, 6) is -0.0773. The highest BCUT2D eigenvalue weighted by Crippen LogP contribution is 2.17. The minimum Gasteiger partial charge on any atom is -0.354 e. The monoisotopic (exact) mass is 158 g/mol. The van der Waals surface area contributed by atoms with Crippen molar-refractivity contribution in [1.82, 2.24) is 5.32 Å². The minimum absolute atomic E-state index is 0.0773. The van der Waals surface area contributed by atoms with Crippen LogP contribution in [-0.4, -0.2) is 19.0 Å². The van der Waals surface area contributed by atoms with Crippen LogP contribution in [0.3, 0.4) is 0 Å². The second kappa shape index (κ2) is 4.34. The maximum absolute atomic E-state index is 10.7. The molecule has 0 aliphatic heterocycles. The van der Waals surface area contributed by atoms with Gasteiger partial charge in [0.2, 0.25) is 5.91 Å². The molecular formula is C8H18N2O. The topological polar surface area (TPSA) is 55.1 Å². The second-order valence-corrected chi connectivity index (χ2v) is 3.50. The van der Waals surface area contributed by atoms with Crippen molar-refractivity contribution in [1.29, 1.82) is 0 Å². The normalized spacial score (nSPS) is 11.3. The number of amides is 1. The Morgan fingerprint density at radius 1 is 1.55 bits per heavy atom. The molecule has 0 aromatic carbocycles. The largest absolute Gasteiger partial charge is 0.354 e. The summed E-state index contributed by atoms with van der Waals surface area (Å²) in [6, 6.07) is 0. The first-order valence-electron chi connectivity index (χ1n) is 3.98. The van der Waals surface area contributed by atoms with Gasteiger partial charge in [-0.05, 0) is 11.8 Å². The van der Waals surface area contributed by atoms with Gasteiger partial charge in [0.05, 0.1) is 6.54 Å². The molecule has 0 heterocycles. The molecule has 1 amide bonds. The van der Waals surface area contributed by atoms with E-state index in [1.165, 1.54) is 0 Å². The summed E-state index contributed by atoms with van der Waals surface area (Å²) >= 11 is 0. The fraction of sp³-hybridized carbons (Fsp3) is 0.875. The van der Waals surface area contributed by atoms with E-state index in [-0.39, 0.29) is 17.9 Å². The lowest BCUT2D eigenvalue weighted by molar-refractivity contribution is -0.120. The summed E-state index contributed by atoms with van der Waals surface area (Å²) in [6.45, 7) is 7.13. The van der Waals surface area contributed by atoms with E-state index in [2.05, 4.69) is 26.1 Å². The highest BCUT2D eigenvalue weighted by molar-refractivity contribution is 5.77. The molecule has 0 bridgehead atoms. The van der Waals surface area contributed by atoms with Gasteiger partial charge in [-0.25, -0.2) is 0 Å². The van der Waals surface area contributed by atoms with Gasteiger partial charge < -0.3 is 11.1 Å². The second-order valence-electron chi connectivity index (χ2n) is 3.50. The third-order valence-electron chi connectivity index (χ3n) is 1.91. The van der Waals surface area contributed by atoms with Crippen LogP contribution in [0.2, 0.25) is 0 Å². The minimum atomic E-state index is -0.0773. The fourth-order valence-corrected chi connectivity index (χ4v) is 0.535. The van der Waals surface area contributed by atoms with E-state index in [1.54, 1.807) is 0 Å². The van der Waals surface area contributed by atoms with Gasteiger partial charge in [0.25, 0.3) is 0 Å². The summed E-state index contributed by atoms with van der Waals surface area (Å²) in [5, 5.41) is 2.76. The van der Waals surface area contributed by atoms with E-state index in [0.29, 0.717) is 6.54 Å². The number of carbonyl (C=O) groups excluding carboxylic acids is 1. The smallest absolute Gasteiger partial charge is 0.233 e. The predicted molar refractivity (Wildman–Crippen MR) is 46.1 cm³/mol.